The number of carbonyl (C=O) groups is 1. The number of amides is 1. The van der Waals surface area contributed by atoms with Crippen molar-refractivity contribution in [1.82, 2.24) is 4.90 Å². The molecule has 1 aliphatic rings. The molecular formula is C14H18Cl2N2O. The van der Waals surface area contributed by atoms with Gasteiger partial charge in [0.1, 0.15) is 0 Å². The Morgan fingerprint density at radius 3 is 2.63 bits per heavy atom. The number of anilines is 1. The summed E-state index contributed by atoms with van der Waals surface area (Å²) in [4.78, 5) is 14.3. The molecule has 0 unspecified atom stereocenters. The van der Waals surface area contributed by atoms with E-state index in [1.807, 2.05) is 11.8 Å². The molecule has 2 N–H and O–H groups in total. The third-order valence-corrected chi connectivity index (χ3v) is 4.46. The van der Waals surface area contributed by atoms with Crippen LogP contribution in [-0.4, -0.2) is 23.9 Å². The monoisotopic (exact) mass is 300 g/mol. The molecule has 1 fully saturated rings. The van der Waals surface area contributed by atoms with Crippen molar-refractivity contribution in [2.75, 3.05) is 18.8 Å². The van der Waals surface area contributed by atoms with Gasteiger partial charge in [0.05, 0.1) is 15.6 Å². The van der Waals surface area contributed by atoms with Crippen molar-refractivity contribution in [3.8, 4) is 0 Å². The third kappa shape index (κ3) is 3.15. The van der Waals surface area contributed by atoms with Crippen LogP contribution in [0.3, 0.4) is 0 Å². The van der Waals surface area contributed by atoms with Gasteiger partial charge >= 0.3 is 0 Å². The van der Waals surface area contributed by atoms with Crippen LogP contribution in [0.1, 0.15) is 36.5 Å². The Bertz CT molecular complexity index is 487. The molecule has 0 heterocycles. The van der Waals surface area contributed by atoms with Crippen molar-refractivity contribution >= 4 is 34.8 Å². The van der Waals surface area contributed by atoms with Gasteiger partial charge in [-0.25, -0.2) is 0 Å². The number of halogens is 2. The van der Waals surface area contributed by atoms with Crippen LogP contribution in [0.2, 0.25) is 10.0 Å². The molecule has 1 aliphatic carbocycles. The molecule has 19 heavy (non-hydrogen) atoms. The second-order valence-electron chi connectivity index (χ2n) is 5.00. The zero-order valence-corrected chi connectivity index (χ0v) is 12.5. The lowest BCUT2D eigenvalue weighted by atomic mass is 9.85. The molecule has 1 saturated carbocycles. The molecule has 3 nitrogen and oxygen atoms in total. The molecule has 104 valence electrons. The van der Waals surface area contributed by atoms with Gasteiger partial charge in [0.25, 0.3) is 5.91 Å². The molecule has 1 aromatic carbocycles. The average molecular weight is 301 g/mol. The van der Waals surface area contributed by atoms with E-state index in [2.05, 4.69) is 0 Å². The molecule has 0 saturated heterocycles. The number of carbonyl (C=O) groups excluding carboxylic acids is 1. The summed E-state index contributed by atoms with van der Waals surface area (Å²) < 4.78 is 0. The van der Waals surface area contributed by atoms with Gasteiger partial charge in [-0.15, -0.1) is 0 Å². The summed E-state index contributed by atoms with van der Waals surface area (Å²) in [6.07, 6.45) is 3.67. The van der Waals surface area contributed by atoms with Gasteiger partial charge in [-0.3, -0.25) is 4.79 Å². The Labute approximate surface area is 123 Å². The first-order chi connectivity index (χ1) is 9.02. The highest BCUT2D eigenvalue weighted by Gasteiger charge is 2.25. The highest BCUT2D eigenvalue weighted by molar-refractivity contribution is 6.44. The van der Waals surface area contributed by atoms with Crippen molar-refractivity contribution in [3.05, 3.63) is 27.7 Å². The van der Waals surface area contributed by atoms with Gasteiger partial charge in [-0.2, -0.15) is 0 Å². The van der Waals surface area contributed by atoms with Crippen LogP contribution < -0.4 is 5.73 Å². The molecular weight excluding hydrogens is 283 g/mol. The molecule has 0 atom stereocenters. The van der Waals surface area contributed by atoms with Crippen LogP contribution in [0, 0.1) is 5.92 Å². The van der Waals surface area contributed by atoms with Crippen LogP contribution in [-0.2, 0) is 0 Å². The van der Waals surface area contributed by atoms with E-state index in [0.717, 1.165) is 6.54 Å². The molecule has 0 bridgehead atoms. The molecule has 0 radical (unpaired) electrons. The number of nitrogens with zero attached hydrogens (tertiary/aromatic N) is 1. The zero-order valence-electron chi connectivity index (χ0n) is 11.0. The van der Waals surface area contributed by atoms with E-state index < -0.39 is 0 Å². The third-order valence-electron chi connectivity index (χ3n) is 3.65. The standard InChI is InChI=1S/C14H18Cl2N2O/c1-2-18(8-9-4-3-5-9)14(19)11-6-10(17)7-12(15)13(11)16/h6-7,9H,2-5,8,17H2,1H3. The fourth-order valence-electron chi connectivity index (χ4n) is 2.28. The molecule has 2 rings (SSSR count). The Balaban J connectivity index is 2.21. The fraction of sp³-hybridized carbons (Fsp3) is 0.500. The van der Waals surface area contributed by atoms with Crippen molar-refractivity contribution in [2.45, 2.75) is 26.2 Å². The maximum atomic E-state index is 12.5. The normalized spacial score (nSPS) is 15.1. The maximum absolute atomic E-state index is 12.5. The van der Waals surface area contributed by atoms with E-state index in [-0.39, 0.29) is 10.9 Å². The minimum Gasteiger partial charge on any atom is -0.399 e. The first-order valence-corrected chi connectivity index (χ1v) is 7.32. The summed E-state index contributed by atoms with van der Waals surface area (Å²) in [5.41, 5.74) is 6.58. The second kappa shape index (κ2) is 6.02. The van der Waals surface area contributed by atoms with Crippen molar-refractivity contribution in [2.24, 2.45) is 5.92 Å². The molecule has 5 heteroatoms. The van der Waals surface area contributed by atoms with E-state index in [9.17, 15) is 4.79 Å². The largest absolute Gasteiger partial charge is 0.399 e. The van der Waals surface area contributed by atoms with E-state index in [1.165, 1.54) is 19.3 Å². The molecule has 0 spiro atoms. The summed E-state index contributed by atoms with van der Waals surface area (Å²) in [6.45, 7) is 3.43. The van der Waals surface area contributed by atoms with Crippen molar-refractivity contribution in [1.29, 1.82) is 0 Å². The Morgan fingerprint density at radius 1 is 1.42 bits per heavy atom. The lowest BCUT2D eigenvalue weighted by molar-refractivity contribution is 0.0706. The van der Waals surface area contributed by atoms with Crippen LogP contribution in [0.25, 0.3) is 0 Å². The highest BCUT2D eigenvalue weighted by Crippen LogP contribution is 2.31. The summed E-state index contributed by atoms with van der Waals surface area (Å²) in [5, 5.41) is 0.609. The van der Waals surface area contributed by atoms with E-state index in [0.29, 0.717) is 28.7 Å². The predicted octanol–water partition coefficient (Wildman–Crippen LogP) is 3.84. The Morgan fingerprint density at radius 2 is 2.11 bits per heavy atom. The van der Waals surface area contributed by atoms with Gasteiger partial charge in [-0.1, -0.05) is 29.6 Å². The number of rotatable bonds is 4. The number of benzene rings is 1. The lowest BCUT2D eigenvalue weighted by Gasteiger charge is -2.32. The second-order valence-corrected chi connectivity index (χ2v) is 5.79. The van der Waals surface area contributed by atoms with Crippen LogP contribution in [0.5, 0.6) is 0 Å². The molecule has 1 amide bonds. The van der Waals surface area contributed by atoms with Gasteiger partial charge in [0.15, 0.2) is 0 Å². The molecule has 1 aromatic rings. The first-order valence-electron chi connectivity index (χ1n) is 6.56. The minimum atomic E-state index is -0.0893. The van der Waals surface area contributed by atoms with Gasteiger partial charge in [0.2, 0.25) is 0 Å². The Hall–Kier alpha value is -0.930. The summed E-state index contributed by atoms with van der Waals surface area (Å²) in [7, 11) is 0. The minimum absolute atomic E-state index is 0.0893. The number of nitrogens with two attached hydrogens (primary N) is 1. The summed E-state index contributed by atoms with van der Waals surface area (Å²) in [5.74, 6) is 0.535. The summed E-state index contributed by atoms with van der Waals surface area (Å²) >= 11 is 12.1. The van der Waals surface area contributed by atoms with Crippen LogP contribution >= 0.6 is 23.2 Å². The first kappa shape index (κ1) is 14.5. The highest BCUT2D eigenvalue weighted by atomic mass is 35.5. The van der Waals surface area contributed by atoms with E-state index >= 15 is 0 Å². The number of hydrogen-bond acceptors (Lipinski definition) is 2. The zero-order chi connectivity index (χ0) is 14.0. The van der Waals surface area contributed by atoms with Gasteiger partial charge in [0, 0.05) is 18.8 Å². The fourth-order valence-corrected chi connectivity index (χ4v) is 2.70. The molecule has 0 aromatic heterocycles. The summed E-state index contributed by atoms with van der Waals surface area (Å²) in [6, 6.07) is 3.16. The van der Waals surface area contributed by atoms with E-state index in [1.54, 1.807) is 12.1 Å². The van der Waals surface area contributed by atoms with Crippen LogP contribution in [0.4, 0.5) is 5.69 Å². The number of hydrogen-bond donors (Lipinski definition) is 1. The maximum Gasteiger partial charge on any atom is 0.255 e. The SMILES string of the molecule is CCN(CC1CCC1)C(=O)c1cc(N)cc(Cl)c1Cl. The average Bonchev–Trinajstić information content (AvgIpc) is 2.32. The quantitative estimate of drug-likeness (QED) is 0.859. The predicted molar refractivity (Wildman–Crippen MR) is 79.8 cm³/mol. The van der Waals surface area contributed by atoms with E-state index in [4.69, 9.17) is 28.9 Å². The van der Waals surface area contributed by atoms with Crippen molar-refractivity contribution in [3.63, 3.8) is 0 Å². The smallest absolute Gasteiger partial charge is 0.255 e. The lowest BCUT2D eigenvalue weighted by Crippen LogP contribution is -2.37. The van der Waals surface area contributed by atoms with Crippen LogP contribution in [0.15, 0.2) is 12.1 Å². The Kier molecular flexibility index (Phi) is 4.58. The van der Waals surface area contributed by atoms with Gasteiger partial charge in [-0.05, 0) is 37.8 Å². The van der Waals surface area contributed by atoms with Gasteiger partial charge < -0.3 is 10.6 Å². The van der Waals surface area contributed by atoms with Crippen molar-refractivity contribution < 1.29 is 4.79 Å². The number of nitrogen functional groups attached to an aromatic ring is 1. The molecule has 0 aliphatic heterocycles. The topological polar surface area (TPSA) is 46.3 Å².